The minimum absolute atomic E-state index is 0.718. The van der Waals surface area contributed by atoms with Crippen molar-refractivity contribution >= 4 is 34.5 Å². The van der Waals surface area contributed by atoms with Gasteiger partial charge in [0, 0.05) is 48.5 Å². The first-order valence-corrected chi connectivity index (χ1v) is 9.89. The number of benzene rings is 2. The van der Waals surface area contributed by atoms with Crippen molar-refractivity contribution in [3.05, 3.63) is 53.1 Å². The number of para-hydroxylation sites is 1. The number of fused-ring (bicyclic) bond motifs is 2. The van der Waals surface area contributed by atoms with Crippen LogP contribution in [-0.4, -0.2) is 47.9 Å². The topological polar surface area (TPSA) is 30.9 Å². The Balaban J connectivity index is 1.54. The summed E-state index contributed by atoms with van der Waals surface area (Å²) < 4.78 is 0. The van der Waals surface area contributed by atoms with Gasteiger partial charge in [-0.2, -0.15) is 0 Å². The molecule has 1 saturated heterocycles. The molecule has 2 aromatic rings. The predicted octanol–water partition coefficient (Wildman–Crippen LogP) is 4.65. The second-order valence-electron chi connectivity index (χ2n) is 7.38. The van der Waals surface area contributed by atoms with Gasteiger partial charge in [-0.15, -0.1) is 0 Å². The largest absolute Gasteiger partial charge is 0.355 e. The summed E-state index contributed by atoms with van der Waals surface area (Å²) in [5, 5.41) is 4.26. The molecule has 4 nitrogen and oxygen atoms in total. The Bertz CT molecular complexity index is 859. The first-order chi connectivity index (χ1) is 12.8. The molecule has 0 radical (unpaired) electrons. The number of hydrogen-bond acceptors (Lipinski definition) is 4. The molecule has 5 rings (SSSR count). The van der Waals surface area contributed by atoms with Crippen LogP contribution in [0.4, 0.5) is 17.1 Å². The van der Waals surface area contributed by atoms with Gasteiger partial charge < -0.3 is 10.2 Å². The maximum atomic E-state index is 6.24. The van der Waals surface area contributed by atoms with Gasteiger partial charge in [0.2, 0.25) is 0 Å². The van der Waals surface area contributed by atoms with Crippen molar-refractivity contribution in [2.24, 2.45) is 4.99 Å². The van der Waals surface area contributed by atoms with Crippen molar-refractivity contribution in [1.82, 2.24) is 9.80 Å². The molecule has 26 heavy (non-hydrogen) atoms. The fraction of sp³-hybridized carbons (Fsp3) is 0.381. The third kappa shape index (κ3) is 3.08. The van der Waals surface area contributed by atoms with Gasteiger partial charge in [0.1, 0.15) is 5.84 Å². The quantitative estimate of drug-likeness (QED) is 0.797. The first kappa shape index (κ1) is 16.2. The Hall–Kier alpha value is -2.04. The van der Waals surface area contributed by atoms with E-state index in [9.17, 15) is 0 Å². The summed E-state index contributed by atoms with van der Waals surface area (Å²) in [5.74, 6) is 1.06. The highest BCUT2D eigenvalue weighted by molar-refractivity contribution is 6.31. The Morgan fingerprint density at radius 3 is 2.73 bits per heavy atom. The van der Waals surface area contributed by atoms with E-state index in [2.05, 4.69) is 39.4 Å². The minimum atomic E-state index is 0.718. The molecule has 1 N–H and O–H groups in total. The molecule has 2 fully saturated rings. The molecule has 0 amide bonds. The van der Waals surface area contributed by atoms with E-state index in [4.69, 9.17) is 16.6 Å². The van der Waals surface area contributed by atoms with Crippen LogP contribution in [0.1, 0.15) is 24.8 Å². The van der Waals surface area contributed by atoms with Crippen LogP contribution in [-0.2, 0) is 0 Å². The molecule has 0 bridgehead atoms. The van der Waals surface area contributed by atoms with Crippen molar-refractivity contribution < 1.29 is 0 Å². The fourth-order valence-electron chi connectivity index (χ4n) is 4.00. The summed E-state index contributed by atoms with van der Waals surface area (Å²) in [6, 6.07) is 15.2. The highest BCUT2D eigenvalue weighted by atomic mass is 35.5. The lowest BCUT2D eigenvalue weighted by molar-refractivity contribution is 0.276. The summed E-state index contributed by atoms with van der Waals surface area (Å²) >= 11 is 6.24. The average molecular weight is 367 g/mol. The molecule has 3 aliphatic rings. The number of nitrogens with zero attached hydrogens (tertiary/aromatic N) is 3. The predicted molar refractivity (Wildman–Crippen MR) is 108 cm³/mol. The number of nitrogens with one attached hydrogen (secondary N) is 1. The summed E-state index contributed by atoms with van der Waals surface area (Å²) in [6.07, 6.45) is 3.94. The van der Waals surface area contributed by atoms with E-state index in [0.717, 1.165) is 53.6 Å². The summed E-state index contributed by atoms with van der Waals surface area (Å²) in [6.45, 7) is 4.41. The monoisotopic (exact) mass is 366 g/mol. The van der Waals surface area contributed by atoms with E-state index in [0.29, 0.717) is 0 Å². The lowest BCUT2D eigenvalue weighted by atomic mass is 10.1. The average Bonchev–Trinajstić information content (AvgIpc) is 3.48. The molecule has 2 aliphatic heterocycles. The van der Waals surface area contributed by atoms with Crippen LogP contribution in [0.5, 0.6) is 0 Å². The Kier molecular flexibility index (Phi) is 4.10. The standard InChI is InChI=1S/C21H23ClN4/c22-15-6-9-19-20(14-15)24-21(17-4-1-2-5-18(17)23-19)26-11-3-10-25(12-13-26)16-7-8-16/h1-2,4-6,9,14,16,23H,3,7-8,10-13H2. The lowest BCUT2D eigenvalue weighted by Gasteiger charge is -2.25. The van der Waals surface area contributed by atoms with Crippen molar-refractivity contribution in [2.75, 3.05) is 31.5 Å². The fourth-order valence-corrected chi connectivity index (χ4v) is 4.17. The van der Waals surface area contributed by atoms with E-state index in [1.54, 1.807) is 0 Å². The second kappa shape index (κ2) is 6.60. The first-order valence-electron chi connectivity index (χ1n) is 9.51. The lowest BCUT2D eigenvalue weighted by Crippen LogP contribution is -2.36. The zero-order valence-electron chi connectivity index (χ0n) is 14.8. The maximum Gasteiger partial charge on any atom is 0.138 e. The van der Waals surface area contributed by atoms with E-state index in [1.165, 1.54) is 31.4 Å². The van der Waals surface area contributed by atoms with Gasteiger partial charge in [-0.3, -0.25) is 4.90 Å². The van der Waals surface area contributed by atoms with Crippen LogP contribution in [0.15, 0.2) is 47.5 Å². The van der Waals surface area contributed by atoms with Gasteiger partial charge in [0.15, 0.2) is 0 Å². The van der Waals surface area contributed by atoms with Gasteiger partial charge in [-0.05, 0) is 49.6 Å². The van der Waals surface area contributed by atoms with Crippen molar-refractivity contribution in [3.63, 3.8) is 0 Å². The molecule has 0 atom stereocenters. The van der Waals surface area contributed by atoms with Gasteiger partial charge in [0.05, 0.1) is 11.4 Å². The summed E-state index contributed by atoms with van der Waals surface area (Å²) in [5.41, 5.74) is 4.19. The number of halogens is 1. The zero-order valence-corrected chi connectivity index (χ0v) is 15.5. The van der Waals surface area contributed by atoms with Crippen LogP contribution in [0.2, 0.25) is 5.02 Å². The van der Waals surface area contributed by atoms with E-state index in [-0.39, 0.29) is 0 Å². The smallest absolute Gasteiger partial charge is 0.138 e. The van der Waals surface area contributed by atoms with Crippen LogP contribution in [0.25, 0.3) is 0 Å². The third-order valence-corrected chi connectivity index (χ3v) is 5.75. The Morgan fingerprint density at radius 1 is 0.962 bits per heavy atom. The highest BCUT2D eigenvalue weighted by Crippen LogP contribution is 2.36. The number of rotatable bonds is 1. The molecule has 2 aromatic carbocycles. The van der Waals surface area contributed by atoms with Crippen molar-refractivity contribution in [1.29, 1.82) is 0 Å². The van der Waals surface area contributed by atoms with Gasteiger partial charge >= 0.3 is 0 Å². The molecule has 1 saturated carbocycles. The molecule has 0 aromatic heterocycles. The highest BCUT2D eigenvalue weighted by Gasteiger charge is 2.31. The van der Waals surface area contributed by atoms with Crippen LogP contribution in [0, 0.1) is 0 Å². The molecule has 134 valence electrons. The Morgan fingerprint density at radius 2 is 1.85 bits per heavy atom. The van der Waals surface area contributed by atoms with Crippen LogP contribution < -0.4 is 5.32 Å². The number of amidine groups is 1. The molecule has 0 spiro atoms. The molecule has 1 aliphatic carbocycles. The summed E-state index contributed by atoms with van der Waals surface area (Å²) in [4.78, 5) is 10.2. The van der Waals surface area contributed by atoms with E-state index < -0.39 is 0 Å². The molecule has 5 heteroatoms. The molecule has 0 unspecified atom stereocenters. The number of anilines is 2. The van der Waals surface area contributed by atoms with Crippen LogP contribution >= 0.6 is 11.6 Å². The van der Waals surface area contributed by atoms with Crippen LogP contribution in [0.3, 0.4) is 0 Å². The normalized spacial score (nSPS) is 20.3. The van der Waals surface area contributed by atoms with E-state index in [1.807, 2.05) is 18.2 Å². The van der Waals surface area contributed by atoms with Crippen molar-refractivity contribution in [3.8, 4) is 0 Å². The van der Waals surface area contributed by atoms with E-state index >= 15 is 0 Å². The number of aliphatic imine (C=N–C) groups is 1. The minimum Gasteiger partial charge on any atom is -0.355 e. The summed E-state index contributed by atoms with van der Waals surface area (Å²) in [7, 11) is 0. The third-order valence-electron chi connectivity index (χ3n) is 5.52. The molecular formula is C21H23ClN4. The SMILES string of the molecule is Clc1ccc2c(c1)N=C(N1CCCN(C3CC3)CC1)c1ccccc1N2. The van der Waals surface area contributed by atoms with Gasteiger partial charge in [-0.1, -0.05) is 23.7 Å². The van der Waals surface area contributed by atoms with Gasteiger partial charge in [0.25, 0.3) is 0 Å². The maximum absolute atomic E-state index is 6.24. The van der Waals surface area contributed by atoms with Gasteiger partial charge in [-0.25, -0.2) is 4.99 Å². The number of hydrogen-bond donors (Lipinski definition) is 1. The zero-order chi connectivity index (χ0) is 17.5. The Labute approximate surface area is 159 Å². The second-order valence-corrected chi connectivity index (χ2v) is 7.81. The van der Waals surface area contributed by atoms with Crippen molar-refractivity contribution in [2.45, 2.75) is 25.3 Å². The molecular weight excluding hydrogens is 344 g/mol. The molecule has 2 heterocycles.